The molecule has 0 unspecified atom stereocenters. The van der Waals surface area contributed by atoms with Crippen molar-refractivity contribution in [2.75, 3.05) is 30.3 Å². The molecule has 25 heavy (non-hydrogen) atoms. The summed E-state index contributed by atoms with van der Waals surface area (Å²) in [5.41, 5.74) is 1.25. The van der Waals surface area contributed by atoms with Gasteiger partial charge in [-0.05, 0) is 12.1 Å². The van der Waals surface area contributed by atoms with E-state index in [9.17, 15) is 8.42 Å². The van der Waals surface area contributed by atoms with E-state index >= 15 is 0 Å². The molecule has 0 radical (unpaired) electrons. The van der Waals surface area contributed by atoms with E-state index in [1.165, 1.54) is 17.1 Å². The lowest BCUT2D eigenvalue weighted by Crippen LogP contribution is -2.17. The van der Waals surface area contributed by atoms with Gasteiger partial charge in [0.25, 0.3) is 10.0 Å². The number of benzene rings is 1. The maximum Gasteiger partial charge on any atom is 0.266 e. The van der Waals surface area contributed by atoms with Crippen molar-refractivity contribution >= 4 is 32.7 Å². The number of nitrogens with zero attached hydrogens (tertiary/aromatic N) is 4. The third-order valence-corrected chi connectivity index (χ3v) is 4.69. The van der Waals surface area contributed by atoms with Gasteiger partial charge in [0.05, 0.1) is 23.8 Å². The van der Waals surface area contributed by atoms with E-state index in [4.69, 9.17) is 4.74 Å². The Morgan fingerprint density at radius 3 is 2.44 bits per heavy atom. The van der Waals surface area contributed by atoms with Crippen LogP contribution in [0.2, 0.25) is 0 Å². The Labute approximate surface area is 145 Å². The second-order valence-corrected chi connectivity index (χ2v) is 6.97. The van der Waals surface area contributed by atoms with Gasteiger partial charge in [-0.25, -0.2) is 18.4 Å². The summed E-state index contributed by atoms with van der Waals surface area (Å²) in [7, 11) is -0.593. The molecule has 2 N–H and O–H groups in total. The lowest BCUT2D eigenvalue weighted by molar-refractivity contribution is 0.210. The number of methoxy groups -OCH3 is 1. The molecule has 9 nitrogen and oxygen atoms in total. The topological polar surface area (TPSA) is 111 Å². The fraction of sp³-hybridized carbons (Fsp3) is 0.267. The van der Waals surface area contributed by atoms with Gasteiger partial charge < -0.3 is 10.1 Å². The molecule has 10 heteroatoms. The minimum absolute atomic E-state index is 0.0489. The van der Waals surface area contributed by atoms with Crippen LogP contribution in [0.1, 0.15) is 0 Å². The van der Waals surface area contributed by atoms with Crippen molar-refractivity contribution in [1.29, 1.82) is 0 Å². The lowest BCUT2D eigenvalue weighted by atomic mass is 10.3. The van der Waals surface area contributed by atoms with Crippen LogP contribution in [-0.2, 0) is 21.8 Å². The molecule has 0 bridgehead atoms. The van der Waals surface area contributed by atoms with Crippen molar-refractivity contribution in [1.82, 2.24) is 19.7 Å². The highest BCUT2D eigenvalue weighted by atomic mass is 32.2. The highest BCUT2D eigenvalue weighted by molar-refractivity contribution is 7.92. The fourth-order valence-corrected chi connectivity index (χ4v) is 3.18. The molecule has 0 saturated carbocycles. The monoisotopic (exact) mass is 362 g/mol. The Morgan fingerprint density at radius 1 is 1.16 bits per heavy atom. The molecule has 132 valence electrons. The molecule has 0 aliphatic rings. The highest BCUT2D eigenvalue weighted by Crippen LogP contribution is 2.23. The Balaban J connectivity index is 1.99. The number of nitrogens with one attached hydrogen (secondary N) is 2. The van der Waals surface area contributed by atoms with Crippen LogP contribution in [0.15, 0.2) is 41.6 Å². The predicted octanol–water partition coefficient (Wildman–Crippen LogP) is 1.22. The summed E-state index contributed by atoms with van der Waals surface area (Å²) < 4.78 is 34.0. The molecule has 1 aromatic carbocycles. The number of aromatic nitrogens is 4. The quantitative estimate of drug-likeness (QED) is 0.608. The fourth-order valence-electron chi connectivity index (χ4n) is 2.19. The van der Waals surface area contributed by atoms with Gasteiger partial charge in [0.2, 0.25) is 0 Å². The average Bonchev–Trinajstić information content (AvgIpc) is 3.02. The van der Waals surface area contributed by atoms with Gasteiger partial charge in [-0.15, -0.1) is 0 Å². The molecule has 0 atom stereocenters. The van der Waals surface area contributed by atoms with Crippen molar-refractivity contribution in [2.24, 2.45) is 7.05 Å². The molecule has 2 aromatic heterocycles. The standard InChI is InChI=1S/C15H18N6O3S/c1-21-10-11(9-17-21)25(22,23)20-15-14(16-7-8-24-2)18-12-5-3-4-6-13(12)19-15/h3-6,9-10H,7-8H2,1-2H3,(H,16,18)(H,19,20). The molecule has 3 rings (SSSR count). The molecular formula is C15H18N6O3S. The van der Waals surface area contributed by atoms with Crippen molar-refractivity contribution in [3.8, 4) is 0 Å². The van der Waals surface area contributed by atoms with Crippen molar-refractivity contribution in [3.63, 3.8) is 0 Å². The molecular weight excluding hydrogens is 344 g/mol. The minimum atomic E-state index is -3.82. The zero-order valence-electron chi connectivity index (χ0n) is 13.8. The van der Waals surface area contributed by atoms with Gasteiger partial charge in [-0.2, -0.15) is 5.10 Å². The zero-order valence-corrected chi connectivity index (χ0v) is 14.6. The molecule has 0 amide bonds. The molecule has 0 saturated heterocycles. The number of para-hydroxylation sites is 2. The maximum atomic E-state index is 12.5. The van der Waals surface area contributed by atoms with Gasteiger partial charge in [0.1, 0.15) is 4.90 Å². The smallest absolute Gasteiger partial charge is 0.266 e. The second-order valence-electron chi connectivity index (χ2n) is 5.28. The summed E-state index contributed by atoms with van der Waals surface area (Å²) >= 11 is 0. The number of ether oxygens (including phenoxy) is 1. The summed E-state index contributed by atoms with van der Waals surface area (Å²) in [5, 5.41) is 6.93. The third kappa shape index (κ3) is 3.86. The van der Waals surface area contributed by atoms with E-state index in [2.05, 4.69) is 25.1 Å². The normalized spacial score (nSPS) is 11.6. The molecule has 0 spiro atoms. The lowest BCUT2D eigenvalue weighted by Gasteiger charge is -2.13. The number of rotatable bonds is 7. The van der Waals surface area contributed by atoms with Gasteiger partial charge in [0, 0.05) is 26.9 Å². The van der Waals surface area contributed by atoms with E-state index in [0.717, 1.165) is 0 Å². The first kappa shape index (κ1) is 17.1. The Morgan fingerprint density at radius 2 is 1.84 bits per heavy atom. The third-order valence-electron chi connectivity index (χ3n) is 3.39. The van der Waals surface area contributed by atoms with E-state index in [1.54, 1.807) is 20.2 Å². The Kier molecular flexibility index (Phi) is 4.81. The van der Waals surface area contributed by atoms with E-state index < -0.39 is 10.0 Å². The number of aryl methyl sites for hydroxylation is 1. The SMILES string of the molecule is COCCNc1nc2ccccc2nc1NS(=O)(=O)c1cnn(C)c1. The zero-order chi connectivity index (χ0) is 17.9. The first-order valence-electron chi connectivity index (χ1n) is 7.50. The van der Waals surface area contributed by atoms with E-state index in [1.807, 2.05) is 18.2 Å². The maximum absolute atomic E-state index is 12.5. The van der Waals surface area contributed by atoms with Crippen LogP contribution in [0.5, 0.6) is 0 Å². The van der Waals surface area contributed by atoms with Crippen LogP contribution < -0.4 is 10.0 Å². The number of hydrogen-bond donors (Lipinski definition) is 2. The van der Waals surface area contributed by atoms with Gasteiger partial charge in [-0.3, -0.25) is 9.40 Å². The summed E-state index contributed by atoms with van der Waals surface area (Å²) in [6.07, 6.45) is 2.68. The summed E-state index contributed by atoms with van der Waals surface area (Å²) in [6.45, 7) is 0.911. The van der Waals surface area contributed by atoms with Crippen molar-refractivity contribution in [3.05, 3.63) is 36.7 Å². The average molecular weight is 362 g/mol. The minimum Gasteiger partial charge on any atom is -0.383 e. The molecule has 3 aromatic rings. The van der Waals surface area contributed by atoms with Crippen LogP contribution >= 0.6 is 0 Å². The summed E-state index contributed by atoms with van der Waals surface area (Å²) in [6, 6.07) is 7.23. The van der Waals surface area contributed by atoms with Gasteiger partial charge in [-0.1, -0.05) is 12.1 Å². The Hall–Kier alpha value is -2.72. The van der Waals surface area contributed by atoms with Gasteiger partial charge >= 0.3 is 0 Å². The van der Waals surface area contributed by atoms with Crippen LogP contribution in [0.4, 0.5) is 11.6 Å². The number of fused-ring (bicyclic) bond motifs is 1. The number of sulfonamides is 1. The largest absolute Gasteiger partial charge is 0.383 e. The highest BCUT2D eigenvalue weighted by Gasteiger charge is 2.20. The molecule has 0 aliphatic carbocycles. The molecule has 0 aliphatic heterocycles. The Bertz CT molecular complexity index is 986. The van der Waals surface area contributed by atoms with Crippen LogP contribution in [0.3, 0.4) is 0 Å². The van der Waals surface area contributed by atoms with Crippen molar-refractivity contribution in [2.45, 2.75) is 4.90 Å². The predicted molar refractivity (Wildman–Crippen MR) is 93.9 cm³/mol. The van der Waals surface area contributed by atoms with Crippen LogP contribution in [0.25, 0.3) is 11.0 Å². The van der Waals surface area contributed by atoms with Gasteiger partial charge in [0.15, 0.2) is 11.6 Å². The van der Waals surface area contributed by atoms with Crippen molar-refractivity contribution < 1.29 is 13.2 Å². The number of hydrogen-bond acceptors (Lipinski definition) is 7. The first-order chi connectivity index (χ1) is 12.0. The van der Waals surface area contributed by atoms with Crippen LogP contribution in [0, 0.1) is 0 Å². The van der Waals surface area contributed by atoms with E-state index in [-0.39, 0.29) is 10.7 Å². The van der Waals surface area contributed by atoms with E-state index in [0.29, 0.717) is 30.0 Å². The first-order valence-corrected chi connectivity index (χ1v) is 8.99. The molecule has 2 heterocycles. The second kappa shape index (κ2) is 7.03. The number of anilines is 2. The molecule has 0 fully saturated rings. The summed E-state index contributed by atoms with van der Waals surface area (Å²) in [4.78, 5) is 8.89. The summed E-state index contributed by atoms with van der Waals surface area (Å²) in [5.74, 6) is 0.460. The van der Waals surface area contributed by atoms with Crippen LogP contribution in [-0.4, -0.2) is 48.4 Å².